The summed E-state index contributed by atoms with van der Waals surface area (Å²) in [5.41, 5.74) is -4.77. The van der Waals surface area contributed by atoms with Crippen LogP contribution in [0.25, 0.3) is 5.52 Å². The molecule has 5 rings (SSSR count). The number of fused-ring (bicyclic) bond motifs is 4. The molecule has 0 amide bonds. The summed E-state index contributed by atoms with van der Waals surface area (Å²) in [6, 6.07) is 0. The summed E-state index contributed by atoms with van der Waals surface area (Å²) in [5, 5.41) is 9.26. The third-order valence-corrected chi connectivity index (χ3v) is 5.97. The summed E-state index contributed by atoms with van der Waals surface area (Å²) in [6.07, 6.45) is 0.163. The van der Waals surface area contributed by atoms with Crippen LogP contribution in [0.3, 0.4) is 0 Å². The molecule has 1 N–H and O–H groups in total. The zero-order valence-corrected chi connectivity index (χ0v) is 13.4. The summed E-state index contributed by atoms with van der Waals surface area (Å²) >= 11 is 5.91. The predicted octanol–water partition coefficient (Wildman–Crippen LogP) is 3.55. The van der Waals surface area contributed by atoms with Gasteiger partial charge in [-0.25, -0.2) is 27.5 Å². The Balaban J connectivity index is 1.95. The number of aliphatic carboxylic acids is 1. The van der Waals surface area contributed by atoms with Crippen molar-refractivity contribution in [3.63, 3.8) is 0 Å². The Morgan fingerprint density at radius 2 is 1.88 bits per heavy atom. The van der Waals surface area contributed by atoms with E-state index < -0.39 is 54.3 Å². The highest BCUT2D eigenvalue weighted by atomic mass is 35.5. The van der Waals surface area contributed by atoms with E-state index in [1.165, 1.54) is 23.0 Å². The Bertz CT molecular complexity index is 902. The average molecular weight is 378 g/mol. The number of nitrogens with zero attached hydrogens (tertiary/aromatic N) is 3. The molecule has 0 spiro atoms. The second-order valence-electron chi connectivity index (χ2n) is 6.79. The van der Waals surface area contributed by atoms with Crippen LogP contribution in [0.2, 0.25) is 5.15 Å². The molecule has 2 unspecified atom stereocenters. The Morgan fingerprint density at radius 1 is 1.16 bits per heavy atom. The van der Waals surface area contributed by atoms with Crippen LogP contribution in [0.5, 0.6) is 0 Å². The van der Waals surface area contributed by atoms with Crippen LogP contribution in [-0.4, -0.2) is 37.3 Å². The molecule has 3 aliphatic rings. The first-order chi connectivity index (χ1) is 11.6. The van der Waals surface area contributed by atoms with Crippen molar-refractivity contribution in [3.8, 4) is 0 Å². The van der Waals surface area contributed by atoms with Gasteiger partial charge in [0.05, 0.1) is 11.6 Å². The van der Waals surface area contributed by atoms with Crippen molar-refractivity contribution in [1.29, 1.82) is 0 Å². The van der Waals surface area contributed by atoms with Crippen molar-refractivity contribution >= 4 is 23.1 Å². The van der Waals surface area contributed by atoms with E-state index >= 15 is 0 Å². The third-order valence-electron chi connectivity index (χ3n) is 5.68. The van der Waals surface area contributed by atoms with Crippen LogP contribution in [0.4, 0.5) is 17.6 Å². The number of alkyl halides is 4. The van der Waals surface area contributed by atoms with E-state index in [0.29, 0.717) is 0 Å². The fourth-order valence-electron chi connectivity index (χ4n) is 4.27. The number of hydrogen-bond acceptors (Lipinski definition) is 3. The van der Waals surface area contributed by atoms with Crippen LogP contribution in [0, 0.1) is 5.41 Å². The molecule has 0 radical (unpaired) electrons. The van der Waals surface area contributed by atoms with Gasteiger partial charge in [0.25, 0.3) is 11.8 Å². The molecule has 2 heterocycles. The number of halogens is 5. The molecule has 134 valence electrons. The highest BCUT2D eigenvalue weighted by Crippen LogP contribution is 2.69. The molecule has 0 aromatic carbocycles. The molecule has 5 nitrogen and oxygen atoms in total. The minimum absolute atomic E-state index is 0.0132. The lowest BCUT2D eigenvalue weighted by atomic mass is 9.49. The summed E-state index contributed by atoms with van der Waals surface area (Å²) in [4.78, 5) is 19.2. The summed E-state index contributed by atoms with van der Waals surface area (Å²) in [5.74, 6) is -9.55. The molecule has 10 heteroatoms. The molecule has 3 aliphatic carbocycles. The zero-order chi connectivity index (χ0) is 18.3. The monoisotopic (exact) mass is 377 g/mol. The second kappa shape index (κ2) is 4.63. The van der Waals surface area contributed by atoms with Crippen LogP contribution in [0.15, 0.2) is 18.6 Å². The molecule has 3 fully saturated rings. The average Bonchev–Trinajstić information content (AvgIpc) is 2.93. The fourth-order valence-corrected chi connectivity index (χ4v) is 4.46. The smallest absolute Gasteiger partial charge is 0.316 e. The van der Waals surface area contributed by atoms with E-state index in [1.807, 2.05) is 0 Å². The zero-order valence-electron chi connectivity index (χ0n) is 12.6. The standard InChI is InChI=1S/C15H12ClF4N3O2/c16-9-8-5-22-10(23(8)4-3-21-9)12-1-2-13(11(24)25,7-14(12,17)18)15(19,20)6-12/h3-5H,1-2,6-7H2,(H,24,25). The van der Waals surface area contributed by atoms with E-state index in [0.717, 1.165) is 0 Å². The Labute approximate surface area is 143 Å². The summed E-state index contributed by atoms with van der Waals surface area (Å²) in [7, 11) is 0. The van der Waals surface area contributed by atoms with E-state index in [1.54, 1.807) is 0 Å². The molecule has 2 aromatic rings. The van der Waals surface area contributed by atoms with E-state index in [2.05, 4.69) is 9.97 Å². The van der Waals surface area contributed by atoms with E-state index in [4.69, 9.17) is 11.6 Å². The Hall–Kier alpha value is -1.90. The lowest BCUT2D eigenvalue weighted by molar-refractivity contribution is -0.282. The van der Waals surface area contributed by atoms with Crippen molar-refractivity contribution < 1.29 is 27.5 Å². The maximum atomic E-state index is 15.0. The van der Waals surface area contributed by atoms with Gasteiger partial charge in [0.2, 0.25) is 0 Å². The molecule has 0 aliphatic heterocycles. The van der Waals surface area contributed by atoms with Crippen LogP contribution in [0.1, 0.15) is 31.5 Å². The van der Waals surface area contributed by atoms with Crippen molar-refractivity contribution in [2.24, 2.45) is 5.41 Å². The van der Waals surface area contributed by atoms with Gasteiger partial charge in [0.15, 0.2) is 5.15 Å². The van der Waals surface area contributed by atoms with Gasteiger partial charge in [-0.1, -0.05) is 11.6 Å². The van der Waals surface area contributed by atoms with Gasteiger partial charge in [-0.05, 0) is 12.8 Å². The maximum Gasteiger partial charge on any atom is 0.316 e. The van der Waals surface area contributed by atoms with Gasteiger partial charge >= 0.3 is 5.97 Å². The van der Waals surface area contributed by atoms with Crippen LogP contribution >= 0.6 is 11.6 Å². The Kier molecular flexibility index (Phi) is 3.07. The highest BCUT2D eigenvalue weighted by Gasteiger charge is 2.79. The number of imidazole rings is 1. The molecule has 2 atom stereocenters. The van der Waals surface area contributed by atoms with Gasteiger partial charge in [0, 0.05) is 25.2 Å². The van der Waals surface area contributed by atoms with Crippen LogP contribution < -0.4 is 0 Å². The lowest BCUT2D eigenvalue weighted by Gasteiger charge is -2.57. The number of aromatic nitrogens is 3. The fraction of sp³-hybridized carbons (Fsp3) is 0.533. The Morgan fingerprint density at radius 3 is 2.48 bits per heavy atom. The normalized spacial score (nSPS) is 32.8. The van der Waals surface area contributed by atoms with Gasteiger partial charge in [-0.2, -0.15) is 0 Å². The number of carboxylic acids is 1. The number of rotatable bonds is 2. The van der Waals surface area contributed by atoms with E-state index in [-0.39, 0.29) is 16.5 Å². The van der Waals surface area contributed by atoms with Crippen molar-refractivity contribution in [2.45, 2.75) is 42.9 Å². The maximum absolute atomic E-state index is 15.0. The molecule has 2 bridgehead atoms. The second-order valence-corrected chi connectivity index (χ2v) is 7.14. The SMILES string of the molecule is O=C(O)C12CCC(c3ncc4c(Cl)nccn34)(CC1(F)F)C(F)(F)C2. The third kappa shape index (κ3) is 1.82. The van der Waals surface area contributed by atoms with Gasteiger partial charge in [-0.15, -0.1) is 0 Å². The van der Waals surface area contributed by atoms with Crippen molar-refractivity contribution in [2.75, 3.05) is 0 Å². The van der Waals surface area contributed by atoms with Crippen molar-refractivity contribution in [1.82, 2.24) is 14.4 Å². The van der Waals surface area contributed by atoms with Gasteiger partial charge < -0.3 is 5.11 Å². The topological polar surface area (TPSA) is 67.5 Å². The first-order valence-corrected chi connectivity index (χ1v) is 7.91. The molecular weight excluding hydrogens is 366 g/mol. The quantitative estimate of drug-likeness (QED) is 0.813. The number of carbonyl (C=O) groups is 1. The largest absolute Gasteiger partial charge is 0.481 e. The summed E-state index contributed by atoms with van der Waals surface area (Å²) in [6.45, 7) is 0. The molecule has 3 saturated carbocycles. The first kappa shape index (κ1) is 16.6. The minimum Gasteiger partial charge on any atom is -0.481 e. The molecule has 2 aromatic heterocycles. The van der Waals surface area contributed by atoms with Crippen LogP contribution in [-0.2, 0) is 10.2 Å². The lowest BCUT2D eigenvalue weighted by Crippen LogP contribution is -2.69. The molecule has 25 heavy (non-hydrogen) atoms. The van der Waals surface area contributed by atoms with E-state index in [9.17, 15) is 27.5 Å². The van der Waals surface area contributed by atoms with Crippen molar-refractivity contribution in [3.05, 3.63) is 29.6 Å². The number of carboxylic acid groups (broad SMARTS) is 1. The van der Waals surface area contributed by atoms with Gasteiger partial charge in [-0.3, -0.25) is 9.20 Å². The highest BCUT2D eigenvalue weighted by molar-refractivity contribution is 6.32. The predicted molar refractivity (Wildman–Crippen MR) is 78.1 cm³/mol. The first-order valence-electron chi connectivity index (χ1n) is 7.53. The van der Waals surface area contributed by atoms with Gasteiger partial charge in [0.1, 0.15) is 16.8 Å². The number of hydrogen-bond donors (Lipinski definition) is 1. The molecule has 0 saturated heterocycles. The minimum atomic E-state index is -3.78. The molecular formula is C15H12ClF4N3O2. The summed E-state index contributed by atoms with van der Waals surface area (Å²) < 4.78 is 60.6.